The maximum absolute atomic E-state index is 12.8. The van der Waals surface area contributed by atoms with Gasteiger partial charge in [-0.1, -0.05) is 0 Å². The second kappa shape index (κ2) is 49.8. The van der Waals surface area contributed by atoms with E-state index in [-0.39, 0.29) is 108 Å². The Morgan fingerprint density at radius 3 is 0.444 bits per heavy atom. The zero-order chi connectivity index (χ0) is 93.7. The van der Waals surface area contributed by atoms with Crippen LogP contribution in [0, 0.1) is 0 Å². The third kappa shape index (κ3) is 36.2. The minimum Gasteiger partial charge on any atom is -0.444 e. The second-order valence-electron chi connectivity index (χ2n) is 36.8. The van der Waals surface area contributed by atoms with Gasteiger partial charge in [0.2, 0.25) is 0 Å². The van der Waals surface area contributed by atoms with Crippen molar-refractivity contribution in [1.82, 2.24) is 31.9 Å². The number of ether oxygens (including phenoxy) is 18. The van der Waals surface area contributed by atoms with Crippen LogP contribution in [0.4, 0.5) is 28.8 Å². The number of aliphatic hydroxyl groups excluding tert-OH is 12. The predicted molar refractivity (Wildman–Crippen MR) is 463 cm³/mol. The summed E-state index contributed by atoms with van der Waals surface area (Å²) in [6.45, 7) is 30.3. The van der Waals surface area contributed by atoms with Gasteiger partial charge in [-0.15, -0.1) is 0 Å². The Morgan fingerprint density at radius 2 is 0.333 bits per heavy atom. The third-order valence-electron chi connectivity index (χ3n) is 18.8. The lowest BCUT2D eigenvalue weighted by Gasteiger charge is -2.51. The first kappa shape index (κ1) is 110. The van der Waals surface area contributed by atoms with Gasteiger partial charge in [-0.25, -0.2) is 28.8 Å². The molecule has 22 aliphatic rings. The molecule has 12 bridgehead atoms. The van der Waals surface area contributed by atoms with Crippen molar-refractivity contribution in [3.8, 4) is 0 Å². The minimum atomic E-state index is -2.17. The average Bonchev–Trinajstić information content (AvgIpc) is 0.769. The summed E-state index contributed by atoms with van der Waals surface area (Å²) in [4.78, 5) is 76.8. The highest BCUT2D eigenvalue weighted by molar-refractivity contribution is 8.00. The molecule has 0 radical (unpaired) electrons. The SMILES string of the molecule is CC(C)(C)OC(=O)NCCSC[C@H]1O[C@@H]2O[C@H]3[C@H](O)[C@@H](O)[C@@H](O[C@H]4[C@H](O)[C@@H](O)[C@@H](O[C@H]5[C@H](O)[C@@H](O)[C@@H](O[C@H]6[C@H](O)[C@@H](O)[C@@H](O[C@H]7[C@H](O)[C@@H](O)[C@@H](O[C@H]1[C@H](O)[C@H]2O)O[C@@H]7CSCCNC(=O)OC(C)(C)C)O[C@@H]6CSCCNC(=O)OC(C)(C)C)O[C@@H]5CSCCNC(=O)OC(C)(C)C)O[C@@H]4CSCCNC(=O)OC(C)(C)C)O[C@@H]3CSCCNC(=O)OC(C)(C)C. The summed E-state index contributed by atoms with van der Waals surface area (Å²) >= 11 is 6.79. The average molecular weight is 1930 g/mol. The van der Waals surface area contributed by atoms with Gasteiger partial charge in [0.1, 0.15) is 143 Å². The Balaban J connectivity index is 1.33. The number of carbonyl (C=O) groups is 6. The van der Waals surface area contributed by atoms with Gasteiger partial charge in [-0.3, -0.25) is 0 Å². The number of hydrogen-bond acceptors (Lipinski definition) is 42. The van der Waals surface area contributed by atoms with Crippen molar-refractivity contribution in [2.24, 2.45) is 0 Å². The van der Waals surface area contributed by atoms with E-state index < -0.39 is 254 Å². The summed E-state index contributed by atoms with van der Waals surface area (Å²) in [6.07, 6.45) is -61.2. The van der Waals surface area contributed by atoms with Gasteiger partial charge in [0.15, 0.2) is 37.7 Å². The first-order valence-corrected chi connectivity index (χ1v) is 48.9. The summed E-state index contributed by atoms with van der Waals surface area (Å²) < 4.78 is 111. The van der Waals surface area contributed by atoms with Crippen LogP contribution in [0.2, 0.25) is 0 Å². The molecule has 42 nitrogen and oxygen atoms in total. The predicted octanol–water partition coefficient (Wildman–Crippen LogP) is 0.539. The Kier molecular flexibility index (Phi) is 43.4. The van der Waals surface area contributed by atoms with Crippen molar-refractivity contribution in [2.45, 2.75) is 342 Å². The van der Waals surface area contributed by atoms with E-state index in [1.807, 2.05) is 0 Å². The maximum atomic E-state index is 12.8. The lowest BCUT2D eigenvalue weighted by atomic mass is 9.95. The quantitative estimate of drug-likeness (QED) is 0.0345. The lowest BCUT2D eigenvalue weighted by Crippen LogP contribution is -2.69. The summed E-state index contributed by atoms with van der Waals surface area (Å²) in [5, 5.41) is 166. The number of aliphatic hydroxyl groups is 12. The van der Waals surface area contributed by atoms with E-state index in [9.17, 15) is 90.0 Å². The first-order valence-electron chi connectivity index (χ1n) is 42.0. The molecule has 0 aromatic rings. The largest absolute Gasteiger partial charge is 0.444 e. The summed E-state index contributed by atoms with van der Waals surface area (Å²) in [5.41, 5.74) is -5.13. The molecule has 0 saturated carbocycles. The van der Waals surface area contributed by atoms with E-state index in [1.165, 1.54) is 0 Å². The van der Waals surface area contributed by atoms with Crippen molar-refractivity contribution in [3.05, 3.63) is 0 Å². The Bertz CT molecular complexity index is 2790. The number of hydrogen-bond donors (Lipinski definition) is 18. The molecule has 732 valence electrons. The highest BCUT2D eigenvalue weighted by Crippen LogP contribution is 2.41. The Morgan fingerprint density at radius 1 is 0.214 bits per heavy atom. The van der Waals surface area contributed by atoms with E-state index >= 15 is 0 Å². The third-order valence-corrected chi connectivity index (χ3v) is 25.1. The fourth-order valence-corrected chi connectivity index (χ4v) is 18.8. The number of rotatable bonds is 30. The van der Waals surface area contributed by atoms with Gasteiger partial charge < -0.3 is 178 Å². The molecule has 0 aromatic heterocycles. The maximum Gasteiger partial charge on any atom is 0.407 e. The van der Waals surface area contributed by atoms with Crippen LogP contribution in [0.25, 0.3) is 0 Å². The highest BCUT2D eigenvalue weighted by atomic mass is 32.2. The molecular formula is C78H138N6O36S6. The van der Waals surface area contributed by atoms with Crippen LogP contribution < -0.4 is 31.9 Å². The fourth-order valence-electron chi connectivity index (χ4n) is 13.3. The first-order chi connectivity index (χ1) is 58.7. The molecule has 126 heavy (non-hydrogen) atoms. The van der Waals surface area contributed by atoms with Crippen LogP contribution >= 0.6 is 70.6 Å². The van der Waals surface area contributed by atoms with Crippen molar-refractivity contribution in [3.63, 3.8) is 0 Å². The molecule has 0 aliphatic carbocycles. The fraction of sp³-hybridized carbons (Fsp3) is 0.923. The van der Waals surface area contributed by atoms with Gasteiger partial charge in [0, 0.05) is 108 Å². The van der Waals surface area contributed by atoms with Gasteiger partial charge in [0.25, 0.3) is 0 Å². The molecular weight excluding hydrogens is 1790 g/mol. The van der Waals surface area contributed by atoms with Gasteiger partial charge in [-0.05, 0) is 125 Å². The van der Waals surface area contributed by atoms with Crippen LogP contribution in [0.15, 0.2) is 0 Å². The summed E-state index contributed by atoms with van der Waals surface area (Å²) in [5.74, 6) is -0.288. The molecule has 22 aliphatic heterocycles. The zero-order valence-electron chi connectivity index (χ0n) is 74.7. The van der Waals surface area contributed by atoms with Crippen LogP contribution in [0.5, 0.6) is 0 Å². The lowest BCUT2D eigenvalue weighted by molar-refractivity contribution is -0.396. The van der Waals surface area contributed by atoms with Crippen molar-refractivity contribution >= 4 is 107 Å². The van der Waals surface area contributed by atoms with Crippen molar-refractivity contribution in [2.75, 3.05) is 108 Å². The van der Waals surface area contributed by atoms with E-state index in [0.717, 1.165) is 70.6 Å². The molecule has 22 rings (SSSR count). The molecule has 6 amide bonds. The molecule has 22 fully saturated rings. The Labute approximate surface area is 760 Å². The Hall–Kier alpha value is -3.24. The van der Waals surface area contributed by atoms with Crippen LogP contribution in [-0.2, 0) is 85.3 Å². The molecule has 22 heterocycles. The van der Waals surface area contributed by atoms with Crippen molar-refractivity contribution in [1.29, 1.82) is 0 Å². The molecule has 0 spiro atoms. The molecule has 30 atom stereocenters. The minimum absolute atomic E-state index is 0.0108. The topological polar surface area (TPSA) is 584 Å². The second-order valence-corrected chi connectivity index (χ2v) is 43.7. The molecule has 0 unspecified atom stereocenters. The van der Waals surface area contributed by atoms with Gasteiger partial charge in [0.05, 0.1) is 36.6 Å². The summed E-state index contributed by atoms with van der Waals surface area (Å²) in [6, 6.07) is 0. The van der Waals surface area contributed by atoms with E-state index in [4.69, 9.17) is 85.3 Å². The normalized spacial score (nSPS) is 35.0. The monoisotopic (exact) mass is 1930 g/mol. The number of nitrogens with one attached hydrogen (secondary N) is 6. The zero-order valence-corrected chi connectivity index (χ0v) is 79.6. The van der Waals surface area contributed by atoms with Crippen LogP contribution in [-0.4, -0.2) is 424 Å². The molecule has 22 saturated heterocycles. The van der Waals surface area contributed by atoms with Crippen LogP contribution in [0.1, 0.15) is 125 Å². The number of carbonyl (C=O) groups excluding carboxylic acids is 6. The highest BCUT2D eigenvalue weighted by Gasteiger charge is 2.59. The number of thioether (sulfide) groups is 6. The van der Waals surface area contributed by atoms with E-state index in [2.05, 4.69) is 31.9 Å². The van der Waals surface area contributed by atoms with Gasteiger partial charge >= 0.3 is 36.6 Å². The summed E-state index contributed by atoms with van der Waals surface area (Å²) in [7, 11) is 0. The van der Waals surface area contributed by atoms with Gasteiger partial charge in [-0.2, -0.15) is 70.6 Å². The molecule has 48 heteroatoms. The number of alkyl carbamates (subject to hydrolysis) is 6. The number of amides is 6. The van der Waals surface area contributed by atoms with E-state index in [0.29, 0.717) is 0 Å². The smallest absolute Gasteiger partial charge is 0.407 e. The molecule has 0 aromatic carbocycles. The van der Waals surface area contributed by atoms with E-state index in [1.54, 1.807) is 125 Å². The van der Waals surface area contributed by atoms with Crippen molar-refractivity contribution < 1.29 is 175 Å². The molecule has 18 N–H and O–H groups in total. The van der Waals surface area contributed by atoms with Crippen LogP contribution in [0.3, 0.4) is 0 Å². The standard InChI is InChI=1S/C78H138N6O36S6/c1-73(2,3)115-67(97)79-19-25-121-31-37-55-43(85)49(91)61(103-37)110-56-38(32-122-26-20-80-68(98)116-74(4,5)6)105-63(51(93)45(56)87)112-58-40(34-124-28-22-82-70(100)118-76(10,11)12)107-65(53(95)47(58)89)114-60-42(36-126-30-24-84-72(102)120-78(16,17)18)108-66(54(96)48(60)90)113-59-41(35-125-29-23-83-71(101)119-77(13,14)15)106-64(52(94)46(59)88)111-57-39(104-62(109-55)50(92)44(57)86)33-123-27-21-81-69(99)117-75(7,8)9/h37-66,85-96H,19-36H2,1-18H3,(H,79,97)(H,80,98)(H,81,99)(H,82,100)(H,83,101)(H,84,102)/t37-,38-,39-,40-,41-,42-,43-,44-,45-,46-,47-,48-,49-,50-,51-,52-,53-,54-,55-,56-,57-,58-,59-,60-,61-,62-,63-,64-,65-,66-/m1/s1.